The average Bonchev–Trinajstić information content (AvgIpc) is 2.77. The van der Waals surface area contributed by atoms with Gasteiger partial charge in [-0.1, -0.05) is 33.3 Å². The van der Waals surface area contributed by atoms with Gasteiger partial charge in [0.2, 0.25) is 0 Å². The summed E-state index contributed by atoms with van der Waals surface area (Å²) >= 11 is 1.87. The first-order valence-electron chi connectivity index (χ1n) is 6.11. The maximum atomic E-state index is 3.77. The summed E-state index contributed by atoms with van der Waals surface area (Å²) in [5, 5.41) is 5.94. The van der Waals surface area contributed by atoms with Gasteiger partial charge >= 0.3 is 0 Å². The van der Waals surface area contributed by atoms with Crippen molar-refractivity contribution in [3.63, 3.8) is 0 Å². The lowest BCUT2D eigenvalue weighted by Crippen LogP contribution is -2.31. The van der Waals surface area contributed by atoms with Crippen LogP contribution in [0.3, 0.4) is 0 Å². The summed E-state index contributed by atoms with van der Waals surface area (Å²) in [7, 11) is 0. The molecule has 1 rings (SSSR count). The van der Waals surface area contributed by atoms with Crippen molar-refractivity contribution in [3.8, 4) is 0 Å². The molecule has 0 spiro atoms. The standard InChI is InChI=1S/C13H23NS/c1-4-8-12(13-9-7-10-15-13)14-11(5-2)6-3/h7,9-12,14H,4-6,8H2,1-3H3. The monoisotopic (exact) mass is 225 g/mol. The molecule has 0 aliphatic rings. The van der Waals surface area contributed by atoms with E-state index in [2.05, 4.69) is 43.6 Å². The first kappa shape index (κ1) is 12.7. The lowest BCUT2D eigenvalue weighted by molar-refractivity contribution is 0.400. The molecular formula is C13H23NS. The number of hydrogen-bond donors (Lipinski definition) is 1. The Morgan fingerprint density at radius 2 is 2.00 bits per heavy atom. The van der Waals surface area contributed by atoms with Crippen LogP contribution in [-0.4, -0.2) is 6.04 Å². The summed E-state index contributed by atoms with van der Waals surface area (Å²) in [4.78, 5) is 1.49. The van der Waals surface area contributed by atoms with Crippen LogP contribution in [0.2, 0.25) is 0 Å². The highest BCUT2D eigenvalue weighted by atomic mass is 32.1. The van der Waals surface area contributed by atoms with E-state index >= 15 is 0 Å². The summed E-state index contributed by atoms with van der Waals surface area (Å²) in [6, 6.07) is 5.64. The first-order chi connectivity index (χ1) is 7.31. The van der Waals surface area contributed by atoms with Crippen molar-refractivity contribution in [2.45, 2.75) is 58.5 Å². The van der Waals surface area contributed by atoms with Crippen LogP contribution in [-0.2, 0) is 0 Å². The molecule has 86 valence electrons. The van der Waals surface area contributed by atoms with E-state index in [4.69, 9.17) is 0 Å². The quantitative estimate of drug-likeness (QED) is 0.726. The molecule has 0 saturated heterocycles. The molecule has 2 heteroatoms. The Kier molecular flexibility index (Phi) is 5.96. The SMILES string of the molecule is CCCC(NC(CC)CC)c1cccs1. The Hall–Kier alpha value is -0.340. The molecule has 0 aromatic carbocycles. The maximum absolute atomic E-state index is 3.77. The second-order valence-electron chi connectivity index (χ2n) is 4.04. The predicted molar refractivity (Wildman–Crippen MR) is 69.5 cm³/mol. The van der Waals surface area contributed by atoms with Gasteiger partial charge in [-0.05, 0) is 30.7 Å². The minimum Gasteiger partial charge on any atom is -0.306 e. The highest BCUT2D eigenvalue weighted by molar-refractivity contribution is 7.10. The average molecular weight is 225 g/mol. The van der Waals surface area contributed by atoms with E-state index in [1.807, 2.05) is 11.3 Å². The van der Waals surface area contributed by atoms with E-state index in [1.54, 1.807) is 0 Å². The fraction of sp³-hybridized carbons (Fsp3) is 0.692. The molecule has 1 unspecified atom stereocenters. The van der Waals surface area contributed by atoms with Crippen molar-refractivity contribution in [1.29, 1.82) is 0 Å². The molecule has 0 saturated carbocycles. The van der Waals surface area contributed by atoms with Crippen LogP contribution in [0.15, 0.2) is 17.5 Å². The zero-order chi connectivity index (χ0) is 11.1. The Balaban J connectivity index is 2.58. The lowest BCUT2D eigenvalue weighted by atomic mass is 10.1. The Bertz CT molecular complexity index is 239. The second kappa shape index (κ2) is 7.02. The van der Waals surface area contributed by atoms with E-state index in [1.165, 1.54) is 30.6 Å². The molecule has 0 bridgehead atoms. The number of thiophene rings is 1. The normalized spacial score (nSPS) is 13.3. The molecule has 1 aromatic rings. The Labute approximate surface area is 97.9 Å². The fourth-order valence-electron chi connectivity index (χ4n) is 1.89. The molecule has 15 heavy (non-hydrogen) atoms. The summed E-state index contributed by atoms with van der Waals surface area (Å²) in [5.74, 6) is 0. The van der Waals surface area contributed by atoms with Gasteiger partial charge in [0.05, 0.1) is 0 Å². The number of hydrogen-bond acceptors (Lipinski definition) is 2. The molecular weight excluding hydrogens is 202 g/mol. The lowest BCUT2D eigenvalue weighted by Gasteiger charge is -2.23. The molecule has 0 aliphatic carbocycles. The zero-order valence-electron chi connectivity index (χ0n) is 10.1. The Morgan fingerprint density at radius 1 is 1.27 bits per heavy atom. The molecule has 0 radical (unpaired) electrons. The molecule has 1 nitrogen and oxygen atoms in total. The predicted octanol–water partition coefficient (Wildman–Crippen LogP) is 4.37. The van der Waals surface area contributed by atoms with Crippen LogP contribution >= 0.6 is 11.3 Å². The van der Waals surface area contributed by atoms with Crippen molar-refractivity contribution in [2.75, 3.05) is 0 Å². The summed E-state index contributed by atoms with van der Waals surface area (Å²) in [6.45, 7) is 6.78. The molecule has 1 N–H and O–H groups in total. The molecule has 1 aromatic heterocycles. The number of rotatable bonds is 7. The van der Waals surface area contributed by atoms with E-state index in [0.717, 1.165) is 0 Å². The van der Waals surface area contributed by atoms with Crippen molar-refractivity contribution in [3.05, 3.63) is 22.4 Å². The van der Waals surface area contributed by atoms with Gasteiger partial charge in [-0.2, -0.15) is 0 Å². The minimum atomic E-state index is 0.569. The summed E-state index contributed by atoms with van der Waals surface area (Å²) in [6.07, 6.45) is 4.94. The van der Waals surface area contributed by atoms with E-state index < -0.39 is 0 Å². The summed E-state index contributed by atoms with van der Waals surface area (Å²) < 4.78 is 0. The van der Waals surface area contributed by atoms with Gasteiger partial charge in [-0.15, -0.1) is 11.3 Å². The summed E-state index contributed by atoms with van der Waals surface area (Å²) in [5.41, 5.74) is 0. The van der Waals surface area contributed by atoms with E-state index in [0.29, 0.717) is 12.1 Å². The third kappa shape index (κ3) is 3.96. The first-order valence-corrected chi connectivity index (χ1v) is 6.99. The van der Waals surface area contributed by atoms with Crippen molar-refractivity contribution < 1.29 is 0 Å². The van der Waals surface area contributed by atoms with Crippen LogP contribution in [0, 0.1) is 0 Å². The maximum Gasteiger partial charge on any atom is 0.0416 e. The van der Waals surface area contributed by atoms with Gasteiger partial charge in [-0.3, -0.25) is 0 Å². The van der Waals surface area contributed by atoms with Crippen LogP contribution in [0.1, 0.15) is 57.4 Å². The van der Waals surface area contributed by atoms with Gasteiger partial charge in [0, 0.05) is 17.0 Å². The topological polar surface area (TPSA) is 12.0 Å². The van der Waals surface area contributed by atoms with Gasteiger partial charge in [0.25, 0.3) is 0 Å². The van der Waals surface area contributed by atoms with Gasteiger partial charge in [-0.25, -0.2) is 0 Å². The molecule has 0 fully saturated rings. The number of nitrogens with one attached hydrogen (secondary N) is 1. The zero-order valence-corrected chi connectivity index (χ0v) is 10.9. The van der Waals surface area contributed by atoms with Crippen molar-refractivity contribution >= 4 is 11.3 Å². The van der Waals surface area contributed by atoms with Gasteiger partial charge in [0.1, 0.15) is 0 Å². The smallest absolute Gasteiger partial charge is 0.0416 e. The molecule has 0 aliphatic heterocycles. The van der Waals surface area contributed by atoms with E-state index in [-0.39, 0.29) is 0 Å². The molecule has 0 amide bonds. The van der Waals surface area contributed by atoms with Gasteiger partial charge in [0.15, 0.2) is 0 Å². The fourth-order valence-corrected chi connectivity index (χ4v) is 2.72. The largest absolute Gasteiger partial charge is 0.306 e. The van der Waals surface area contributed by atoms with Gasteiger partial charge < -0.3 is 5.32 Å². The third-order valence-corrected chi connectivity index (χ3v) is 3.87. The minimum absolute atomic E-state index is 0.569. The van der Waals surface area contributed by atoms with E-state index in [9.17, 15) is 0 Å². The molecule has 1 atom stereocenters. The van der Waals surface area contributed by atoms with Crippen LogP contribution in [0.5, 0.6) is 0 Å². The Morgan fingerprint density at radius 3 is 2.47 bits per heavy atom. The highest BCUT2D eigenvalue weighted by Crippen LogP contribution is 2.24. The second-order valence-corrected chi connectivity index (χ2v) is 5.02. The third-order valence-electron chi connectivity index (χ3n) is 2.89. The van der Waals surface area contributed by atoms with Crippen molar-refractivity contribution in [1.82, 2.24) is 5.32 Å². The molecule has 1 heterocycles. The van der Waals surface area contributed by atoms with Crippen LogP contribution < -0.4 is 5.32 Å². The highest BCUT2D eigenvalue weighted by Gasteiger charge is 2.14. The van der Waals surface area contributed by atoms with Crippen molar-refractivity contribution in [2.24, 2.45) is 0 Å². The van der Waals surface area contributed by atoms with Crippen LogP contribution in [0.4, 0.5) is 0 Å². The van der Waals surface area contributed by atoms with Crippen LogP contribution in [0.25, 0.3) is 0 Å².